The lowest BCUT2D eigenvalue weighted by molar-refractivity contribution is -0.138. The highest BCUT2D eigenvalue weighted by molar-refractivity contribution is 6.09. The molecule has 2 aromatic rings. The van der Waals surface area contributed by atoms with Crippen molar-refractivity contribution in [1.82, 2.24) is 15.1 Å². The summed E-state index contributed by atoms with van der Waals surface area (Å²) in [5.41, 5.74) is -1.64. The number of hydrogen-bond acceptors (Lipinski definition) is 3. The molecule has 1 atom stereocenters. The Morgan fingerprint density at radius 3 is 2.48 bits per heavy atom. The third-order valence-corrected chi connectivity index (χ3v) is 4.77. The Hall–Kier alpha value is -3.36. The molecular weight excluding hydrogens is 387 g/mol. The Labute approximate surface area is 164 Å². The van der Waals surface area contributed by atoms with Crippen LogP contribution in [0, 0.1) is 17.5 Å². The number of amides is 4. The molecule has 9 heteroatoms. The fourth-order valence-corrected chi connectivity index (χ4v) is 3.16. The van der Waals surface area contributed by atoms with Crippen LogP contribution in [0.25, 0.3) is 0 Å². The summed E-state index contributed by atoms with van der Waals surface area (Å²) in [6, 6.07) is 7.35. The maximum absolute atomic E-state index is 14.2. The second-order valence-electron chi connectivity index (χ2n) is 6.95. The summed E-state index contributed by atoms with van der Waals surface area (Å²) in [7, 11) is 1.44. The van der Waals surface area contributed by atoms with Gasteiger partial charge < -0.3 is 10.2 Å². The normalized spacial score (nSPS) is 18.7. The van der Waals surface area contributed by atoms with Crippen LogP contribution in [-0.4, -0.2) is 41.2 Å². The molecule has 6 nitrogen and oxygen atoms in total. The number of hydrogen-bond donors (Lipinski definition) is 1. The van der Waals surface area contributed by atoms with Crippen LogP contribution in [0.5, 0.6) is 0 Å². The number of carbonyl (C=O) groups excluding carboxylic acids is 3. The minimum Gasteiger partial charge on any atom is -0.340 e. The maximum atomic E-state index is 14.2. The smallest absolute Gasteiger partial charge is 0.325 e. The first-order valence-corrected chi connectivity index (χ1v) is 8.70. The lowest BCUT2D eigenvalue weighted by Crippen LogP contribution is -2.44. The Bertz CT molecular complexity index is 998. The van der Waals surface area contributed by atoms with Crippen molar-refractivity contribution in [2.75, 3.05) is 13.6 Å². The predicted octanol–water partition coefficient (Wildman–Crippen LogP) is 2.53. The average Bonchev–Trinajstić information content (AvgIpc) is 2.87. The van der Waals surface area contributed by atoms with E-state index in [1.54, 1.807) is 6.07 Å². The van der Waals surface area contributed by atoms with Crippen molar-refractivity contribution in [3.63, 3.8) is 0 Å². The molecule has 29 heavy (non-hydrogen) atoms. The Balaban J connectivity index is 1.76. The molecule has 1 saturated heterocycles. The standard InChI is InChI=1S/C20H18F3N3O3/c1-20(15-9-14(22)6-7-16(15)23)18(28)26(19(29)24-20)11-17(27)25(2)10-12-4-3-5-13(21)8-12/h3-9H,10-11H2,1-2H3,(H,24,29)/t20-/m0/s1. The molecule has 2 aromatic carbocycles. The van der Waals surface area contributed by atoms with Gasteiger partial charge in [-0.25, -0.2) is 18.0 Å². The summed E-state index contributed by atoms with van der Waals surface area (Å²) >= 11 is 0. The lowest BCUT2D eigenvalue weighted by Gasteiger charge is -2.23. The number of nitrogens with one attached hydrogen (secondary N) is 1. The fraction of sp³-hybridized carbons (Fsp3) is 0.250. The number of imide groups is 1. The molecule has 0 aliphatic carbocycles. The number of carbonyl (C=O) groups is 3. The first-order valence-electron chi connectivity index (χ1n) is 8.70. The first kappa shape index (κ1) is 20.4. The van der Waals surface area contributed by atoms with E-state index in [9.17, 15) is 27.6 Å². The first-order chi connectivity index (χ1) is 13.6. The van der Waals surface area contributed by atoms with Crippen molar-refractivity contribution in [3.8, 4) is 0 Å². The number of benzene rings is 2. The van der Waals surface area contributed by atoms with Gasteiger partial charge >= 0.3 is 6.03 Å². The van der Waals surface area contributed by atoms with Crippen molar-refractivity contribution in [2.45, 2.75) is 19.0 Å². The van der Waals surface area contributed by atoms with Gasteiger partial charge in [0.2, 0.25) is 5.91 Å². The highest BCUT2D eigenvalue weighted by Crippen LogP contribution is 2.31. The molecule has 1 aliphatic rings. The van der Waals surface area contributed by atoms with Gasteiger partial charge in [0.05, 0.1) is 0 Å². The van der Waals surface area contributed by atoms with E-state index in [-0.39, 0.29) is 12.1 Å². The Morgan fingerprint density at radius 2 is 1.79 bits per heavy atom. The molecular formula is C20H18F3N3O3. The van der Waals surface area contributed by atoms with E-state index < -0.39 is 47.4 Å². The van der Waals surface area contributed by atoms with Gasteiger partial charge in [0.25, 0.3) is 5.91 Å². The van der Waals surface area contributed by atoms with Crippen LogP contribution in [-0.2, 0) is 21.7 Å². The lowest BCUT2D eigenvalue weighted by atomic mass is 9.91. The van der Waals surface area contributed by atoms with E-state index in [4.69, 9.17) is 0 Å². The molecule has 0 aromatic heterocycles. The summed E-state index contributed by atoms with van der Waals surface area (Å²) < 4.78 is 41.0. The molecule has 0 saturated carbocycles. The van der Waals surface area contributed by atoms with E-state index in [0.717, 1.165) is 18.2 Å². The van der Waals surface area contributed by atoms with Crippen molar-refractivity contribution in [1.29, 1.82) is 0 Å². The minimum absolute atomic E-state index is 0.0655. The monoisotopic (exact) mass is 405 g/mol. The summed E-state index contributed by atoms with van der Waals surface area (Å²) in [5, 5.41) is 2.33. The topological polar surface area (TPSA) is 69.7 Å². The minimum atomic E-state index is -1.84. The van der Waals surface area contributed by atoms with Crippen LogP contribution in [0.3, 0.4) is 0 Å². The molecule has 3 rings (SSSR count). The Morgan fingerprint density at radius 1 is 1.10 bits per heavy atom. The number of likely N-dealkylation sites (N-methyl/N-ethyl adjacent to an activating group) is 1. The molecule has 152 valence electrons. The van der Waals surface area contributed by atoms with Gasteiger partial charge in [0.15, 0.2) is 0 Å². The van der Waals surface area contributed by atoms with Gasteiger partial charge in [0, 0.05) is 19.2 Å². The number of halogens is 3. The van der Waals surface area contributed by atoms with Crippen LogP contribution >= 0.6 is 0 Å². The molecule has 0 unspecified atom stereocenters. The number of urea groups is 1. The average molecular weight is 405 g/mol. The van der Waals surface area contributed by atoms with Crippen molar-refractivity contribution in [2.24, 2.45) is 0 Å². The second kappa shape index (κ2) is 7.57. The molecule has 0 spiro atoms. The Kier molecular flexibility index (Phi) is 5.32. The van der Waals surface area contributed by atoms with Crippen molar-refractivity contribution < 1.29 is 27.6 Å². The van der Waals surface area contributed by atoms with E-state index in [1.807, 2.05) is 0 Å². The van der Waals surface area contributed by atoms with Crippen LogP contribution in [0.4, 0.5) is 18.0 Å². The summed E-state index contributed by atoms with van der Waals surface area (Å²) in [6.07, 6.45) is 0. The third-order valence-electron chi connectivity index (χ3n) is 4.77. The van der Waals surface area contributed by atoms with Gasteiger partial charge in [-0.15, -0.1) is 0 Å². The second-order valence-corrected chi connectivity index (χ2v) is 6.95. The third kappa shape index (κ3) is 3.94. The molecule has 0 radical (unpaired) electrons. The van der Waals surface area contributed by atoms with Crippen LogP contribution < -0.4 is 5.32 Å². The molecule has 4 amide bonds. The van der Waals surface area contributed by atoms with Crippen LogP contribution in [0.2, 0.25) is 0 Å². The zero-order chi connectivity index (χ0) is 21.3. The van der Waals surface area contributed by atoms with Gasteiger partial charge in [-0.05, 0) is 42.8 Å². The summed E-state index contributed by atoms with van der Waals surface area (Å²) in [5.74, 6) is -3.54. The van der Waals surface area contributed by atoms with Crippen molar-refractivity contribution >= 4 is 17.8 Å². The fourth-order valence-electron chi connectivity index (χ4n) is 3.16. The molecule has 1 fully saturated rings. The van der Waals surface area contributed by atoms with E-state index in [2.05, 4.69) is 5.32 Å². The van der Waals surface area contributed by atoms with Gasteiger partial charge in [-0.3, -0.25) is 14.5 Å². The molecule has 1 heterocycles. The SMILES string of the molecule is CN(Cc1cccc(F)c1)C(=O)CN1C(=O)N[C@@](C)(c2cc(F)ccc2F)C1=O. The van der Waals surface area contributed by atoms with Gasteiger partial charge in [-0.2, -0.15) is 0 Å². The maximum Gasteiger partial charge on any atom is 0.325 e. The highest BCUT2D eigenvalue weighted by Gasteiger charge is 2.51. The van der Waals surface area contributed by atoms with Gasteiger partial charge in [0.1, 0.15) is 29.5 Å². The molecule has 0 bridgehead atoms. The van der Waals surface area contributed by atoms with Crippen molar-refractivity contribution in [3.05, 3.63) is 71.0 Å². The van der Waals surface area contributed by atoms with Gasteiger partial charge in [-0.1, -0.05) is 12.1 Å². The highest BCUT2D eigenvalue weighted by atomic mass is 19.1. The largest absolute Gasteiger partial charge is 0.340 e. The van der Waals surface area contributed by atoms with E-state index in [0.29, 0.717) is 10.5 Å². The van der Waals surface area contributed by atoms with Crippen LogP contribution in [0.15, 0.2) is 42.5 Å². The zero-order valence-electron chi connectivity index (χ0n) is 15.7. The molecule has 1 N–H and O–H groups in total. The molecule has 1 aliphatic heterocycles. The van der Waals surface area contributed by atoms with E-state index >= 15 is 0 Å². The predicted molar refractivity (Wildman–Crippen MR) is 96.8 cm³/mol. The number of rotatable bonds is 5. The zero-order valence-corrected chi connectivity index (χ0v) is 15.7. The summed E-state index contributed by atoms with van der Waals surface area (Å²) in [4.78, 5) is 39.4. The quantitative estimate of drug-likeness (QED) is 0.778. The number of nitrogens with zero attached hydrogens (tertiary/aromatic N) is 2. The summed E-state index contributed by atoms with van der Waals surface area (Å²) in [6.45, 7) is 0.713. The van der Waals surface area contributed by atoms with Crippen LogP contribution in [0.1, 0.15) is 18.1 Å². The van der Waals surface area contributed by atoms with E-state index in [1.165, 1.54) is 37.1 Å².